The normalized spacial score (nSPS) is 21.4. The Morgan fingerprint density at radius 3 is 2.95 bits per heavy atom. The van der Waals surface area contributed by atoms with Crippen molar-refractivity contribution in [1.29, 1.82) is 0 Å². The molecule has 0 saturated carbocycles. The van der Waals surface area contributed by atoms with Crippen LogP contribution in [-0.2, 0) is 0 Å². The highest BCUT2D eigenvalue weighted by Gasteiger charge is 2.20. The molecular weight excluding hydrogens is 276 g/mol. The molecule has 0 spiro atoms. The van der Waals surface area contributed by atoms with Gasteiger partial charge in [0.1, 0.15) is 0 Å². The van der Waals surface area contributed by atoms with E-state index in [2.05, 4.69) is 67.0 Å². The van der Waals surface area contributed by atoms with E-state index in [0.717, 1.165) is 11.8 Å². The molecule has 1 aromatic carbocycles. The topological polar surface area (TPSA) is 15.3 Å². The van der Waals surface area contributed by atoms with E-state index in [-0.39, 0.29) is 0 Å². The zero-order valence-corrected chi connectivity index (χ0v) is 14.6. The van der Waals surface area contributed by atoms with Gasteiger partial charge in [0, 0.05) is 36.7 Å². The molecule has 0 aliphatic carbocycles. The Balaban J connectivity index is 1.91. The minimum atomic E-state index is 0.490. The van der Waals surface area contributed by atoms with Gasteiger partial charge in [-0.1, -0.05) is 43.7 Å². The van der Waals surface area contributed by atoms with Gasteiger partial charge >= 0.3 is 0 Å². The van der Waals surface area contributed by atoms with Crippen molar-refractivity contribution in [2.45, 2.75) is 44.9 Å². The van der Waals surface area contributed by atoms with Gasteiger partial charge in [-0.05, 0) is 31.9 Å². The average Bonchev–Trinajstić information content (AvgIpc) is 2.51. The Morgan fingerprint density at radius 2 is 2.24 bits per heavy atom. The molecule has 2 atom stereocenters. The first kappa shape index (κ1) is 16.9. The molecule has 118 valence electrons. The maximum atomic E-state index is 3.66. The molecule has 0 bridgehead atoms. The summed E-state index contributed by atoms with van der Waals surface area (Å²) in [6.45, 7) is 11.5. The maximum absolute atomic E-state index is 3.66. The van der Waals surface area contributed by atoms with Crippen molar-refractivity contribution >= 4 is 11.8 Å². The number of nitrogens with zero attached hydrogens (tertiary/aromatic N) is 1. The highest BCUT2D eigenvalue weighted by molar-refractivity contribution is 8.00. The number of rotatable bonds is 7. The zero-order chi connectivity index (χ0) is 15.1. The molecule has 2 rings (SSSR count). The minimum Gasteiger partial charge on any atom is -0.310 e. The second kappa shape index (κ2) is 8.82. The van der Waals surface area contributed by atoms with Crippen LogP contribution in [0.1, 0.15) is 43.9 Å². The third-order valence-electron chi connectivity index (χ3n) is 4.31. The number of hydrogen-bond acceptors (Lipinski definition) is 3. The maximum Gasteiger partial charge on any atom is 0.0332 e. The van der Waals surface area contributed by atoms with E-state index in [9.17, 15) is 0 Å². The summed E-state index contributed by atoms with van der Waals surface area (Å²) in [6.07, 6.45) is 2.51. The van der Waals surface area contributed by atoms with E-state index in [1.54, 1.807) is 0 Å². The molecule has 1 fully saturated rings. The van der Waals surface area contributed by atoms with Crippen LogP contribution >= 0.6 is 11.8 Å². The summed E-state index contributed by atoms with van der Waals surface area (Å²) in [5.74, 6) is 1.30. The second-order valence-corrected chi connectivity index (χ2v) is 7.42. The lowest BCUT2D eigenvalue weighted by molar-refractivity contribution is 0.263. The van der Waals surface area contributed by atoms with Gasteiger partial charge in [-0.25, -0.2) is 0 Å². The molecule has 1 aliphatic rings. The summed E-state index contributed by atoms with van der Waals surface area (Å²) < 4.78 is 0. The highest BCUT2D eigenvalue weighted by Crippen LogP contribution is 2.23. The third kappa shape index (κ3) is 5.32. The first-order valence-electron chi connectivity index (χ1n) is 8.36. The molecule has 0 amide bonds. The Hall–Kier alpha value is -0.510. The van der Waals surface area contributed by atoms with E-state index in [4.69, 9.17) is 0 Å². The van der Waals surface area contributed by atoms with Gasteiger partial charge in [0.2, 0.25) is 0 Å². The summed E-state index contributed by atoms with van der Waals surface area (Å²) >= 11 is 2.15. The number of thioether (sulfide) groups is 1. The van der Waals surface area contributed by atoms with E-state index >= 15 is 0 Å². The summed E-state index contributed by atoms with van der Waals surface area (Å²) in [5, 5.41) is 4.50. The largest absolute Gasteiger partial charge is 0.310 e. The molecule has 1 saturated heterocycles. The standard InChI is InChI=1S/C18H30N2S/c1-4-17-14-20(11-12-21-17)10-9-18(19-5-2)16-8-6-7-15(3)13-16/h6-8,13,17-19H,4-5,9-12,14H2,1-3H3. The van der Waals surface area contributed by atoms with Crippen LogP contribution in [0.5, 0.6) is 0 Å². The van der Waals surface area contributed by atoms with Gasteiger partial charge < -0.3 is 10.2 Å². The van der Waals surface area contributed by atoms with Gasteiger partial charge in [-0.2, -0.15) is 11.8 Å². The molecule has 1 N–H and O–H groups in total. The van der Waals surface area contributed by atoms with Crippen molar-refractivity contribution in [2.24, 2.45) is 0 Å². The number of nitrogens with one attached hydrogen (secondary N) is 1. The van der Waals surface area contributed by atoms with Crippen molar-refractivity contribution in [3.63, 3.8) is 0 Å². The van der Waals surface area contributed by atoms with Crippen molar-refractivity contribution in [3.05, 3.63) is 35.4 Å². The minimum absolute atomic E-state index is 0.490. The lowest BCUT2D eigenvalue weighted by atomic mass is 10.0. The smallest absolute Gasteiger partial charge is 0.0332 e. The molecular formula is C18H30N2S. The van der Waals surface area contributed by atoms with Crippen LogP contribution in [0.25, 0.3) is 0 Å². The van der Waals surface area contributed by atoms with Crippen LogP contribution < -0.4 is 5.32 Å². The zero-order valence-electron chi connectivity index (χ0n) is 13.8. The fourth-order valence-corrected chi connectivity index (χ4v) is 4.31. The Morgan fingerprint density at radius 1 is 1.38 bits per heavy atom. The van der Waals surface area contributed by atoms with Crippen molar-refractivity contribution < 1.29 is 0 Å². The first-order valence-corrected chi connectivity index (χ1v) is 9.41. The molecule has 1 aliphatic heterocycles. The first-order chi connectivity index (χ1) is 10.2. The Kier molecular flexibility index (Phi) is 7.08. The van der Waals surface area contributed by atoms with Gasteiger partial charge in [0.25, 0.3) is 0 Å². The van der Waals surface area contributed by atoms with Gasteiger partial charge in [-0.3, -0.25) is 0 Å². The van der Waals surface area contributed by atoms with Crippen molar-refractivity contribution in [3.8, 4) is 0 Å². The van der Waals surface area contributed by atoms with Gasteiger partial charge in [0.05, 0.1) is 0 Å². The van der Waals surface area contributed by atoms with Crippen LogP contribution in [0.2, 0.25) is 0 Å². The van der Waals surface area contributed by atoms with E-state index in [1.807, 2.05) is 0 Å². The average molecular weight is 307 g/mol. The molecule has 1 aromatic rings. The Labute approximate surface area is 134 Å². The summed E-state index contributed by atoms with van der Waals surface area (Å²) in [6, 6.07) is 9.44. The van der Waals surface area contributed by atoms with E-state index < -0.39 is 0 Å². The third-order valence-corrected chi connectivity index (χ3v) is 5.68. The number of benzene rings is 1. The molecule has 0 aromatic heterocycles. The SMILES string of the molecule is CCNC(CCN1CCSC(CC)C1)c1cccc(C)c1. The number of hydrogen-bond donors (Lipinski definition) is 1. The summed E-state index contributed by atoms with van der Waals surface area (Å²) in [5.41, 5.74) is 2.80. The van der Waals surface area contributed by atoms with Crippen LogP contribution in [0, 0.1) is 6.92 Å². The van der Waals surface area contributed by atoms with Crippen LogP contribution in [0.15, 0.2) is 24.3 Å². The predicted octanol–water partition coefficient (Wildman–Crippen LogP) is 3.86. The van der Waals surface area contributed by atoms with Crippen molar-refractivity contribution in [1.82, 2.24) is 10.2 Å². The lowest BCUT2D eigenvalue weighted by Crippen LogP contribution is -2.39. The van der Waals surface area contributed by atoms with Crippen LogP contribution in [0.4, 0.5) is 0 Å². The molecule has 0 radical (unpaired) electrons. The lowest BCUT2D eigenvalue weighted by Gasteiger charge is -2.33. The van der Waals surface area contributed by atoms with Crippen molar-refractivity contribution in [2.75, 3.05) is 31.9 Å². The molecule has 21 heavy (non-hydrogen) atoms. The molecule has 3 heteroatoms. The fraction of sp³-hybridized carbons (Fsp3) is 0.667. The monoisotopic (exact) mass is 306 g/mol. The number of aryl methyl sites for hydroxylation is 1. The quantitative estimate of drug-likeness (QED) is 0.823. The molecule has 2 unspecified atom stereocenters. The summed E-state index contributed by atoms with van der Waals surface area (Å²) in [7, 11) is 0. The van der Waals surface area contributed by atoms with Crippen LogP contribution in [0.3, 0.4) is 0 Å². The predicted molar refractivity (Wildman–Crippen MR) is 95.2 cm³/mol. The molecule has 1 heterocycles. The van der Waals surface area contributed by atoms with E-state index in [0.29, 0.717) is 6.04 Å². The Bertz CT molecular complexity index is 421. The van der Waals surface area contributed by atoms with E-state index in [1.165, 1.54) is 49.4 Å². The van der Waals surface area contributed by atoms with Crippen LogP contribution in [-0.4, -0.2) is 42.1 Å². The summed E-state index contributed by atoms with van der Waals surface area (Å²) in [4.78, 5) is 2.66. The second-order valence-electron chi connectivity index (χ2n) is 6.01. The fourth-order valence-electron chi connectivity index (χ4n) is 3.06. The highest BCUT2D eigenvalue weighted by atomic mass is 32.2. The molecule has 2 nitrogen and oxygen atoms in total. The van der Waals surface area contributed by atoms with Gasteiger partial charge in [0.15, 0.2) is 0 Å². The van der Waals surface area contributed by atoms with Gasteiger partial charge in [-0.15, -0.1) is 0 Å².